The summed E-state index contributed by atoms with van der Waals surface area (Å²) in [6.07, 6.45) is -1.12. The van der Waals surface area contributed by atoms with Crippen LogP contribution in [0.3, 0.4) is 0 Å². The second-order valence-electron chi connectivity index (χ2n) is 5.97. The van der Waals surface area contributed by atoms with Gasteiger partial charge in [-0.05, 0) is 49.4 Å². The van der Waals surface area contributed by atoms with Crippen molar-refractivity contribution in [1.29, 1.82) is 0 Å². The number of halogens is 2. The quantitative estimate of drug-likeness (QED) is 0.688. The highest BCUT2D eigenvalue weighted by Crippen LogP contribution is 2.25. The molecule has 150 valence electrons. The number of ether oxygens (including phenoxy) is 1. The van der Waals surface area contributed by atoms with Gasteiger partial charge in [-0.25, -0.2) is 17.5 Å². The van der Waals surface area contributed by atoms with Crippen LogP contribution in [0.5, 0.6) is 0 Å². The van der Waals surface area contributed by atoms with E-state index in [1.54, 1.807) is 6.07 Å². The van der Waals surface area contributed by atoms with Crippen molar-refractivity contribution in [3.8, 4) is 0 Å². The topological polar surface area (TPSA) is 92.8 Å². The lowest BCUT2D eigenvalue weighted by Gasteiger charge is -2.15. The van der Waals surface area contributed by atoms with Crippen molar-refractivity contribution in [1.82, 2.24) is 4.31 Å². The summed E-state index contributed by atoms with van der Waals surface area (Å²) < 4.78 is 30.3. The van der Waals surface area contributed by atoms with Gasteiger partial charge in [0.2, 0.25) is 10.0 Å². The molecule has 0 saturated heterocycles. The Bertz CT molecular complexity index is 992. The average molecular weight is 445 g/mol. The van der Waals surface area contributed by atoms with Crippen molar-refractivity contribution in [2.45, 2.75) is 17.9 Å². The van der Waals surface area contributed by atoms with Crippen molar-refractivity contribution in [2.24, 2.45) is 0 Å². The standard InChI is InChI=1S/C18H18Cl2N2O5S/c1-11(17(23)21-16-10-13(19)6-9-15(16)20)27-18(24)12-4-7-14(8-5-12)28(25,26)22(2)3/h4-11H,1-3H3,(H,21,23)/t11-/m0/s1. The van der Waals surface area contributed by atoms with Gasteiger partial charge in [0.1, 0.15) is 0 Å². The Kier molecular flexibility index (Phi) is 7.06. The van der Waals surface area contributed by atoms with Crippen LogP contribution < -0.4 is 5.32 Å². The number of carbonyl (C=O) groups is 2. The first-order valence-corrected chi connectivity index (χ1v) is 10.2. The molecule has 0 radical (unpaired) electrons. The number of nitrogens with one attached hydrogen (secondary N) is 1. The molecule has 0 aliphatic rings. The van der Waals surface area contributed by atoms with E-state index in [1.165, 1.54) is 57.4 Å². The summed E-state index contributed by atoms with van der Waals surface area (Å²) >= 11 is 11.9. The zero-order valence-corrected chi connectivity index (χ0v) is 17.6. The van der Waals surface area contributed by atoms with E-state index in [1.807, 2.05) is 0 Å². The lowest BCUT2D eigenvalue weighted by molar-refractivity contribution is -0.123. The van der Waals surface area contributed by atoms with Crippen LogP contribution in [-0.2, 0) is 19.6 Å². The van der Waals surface area contributed by atoms with Crippen LogP contribution in [0, 0.1) is 0 Å². The van der Waals surface area contributed by atoms with Crippen LogP contribution in [0.1, 0.15) is 17.3 Å². The summed E-state index contributed by atoms with van der Waals surface area (Å²) in [6, 6.07) is 9.79. The number of esters is 1. The lowest BCUT2D eigenvalue weighted by atomic mass is 10.2. The van der Waals surface area contributed by atoms with Gasteiger partial charge in [0, 0.05) is 19.1 Å². The molecule has 10 heteroatoms. The molecular formula is C18H18Cl2N2O5S. The van der Waals surface area contributed by atoms with Gasteiger partial charge in [-0.3, -0.25) is 4.79 Å². The third-order valence-electron chi connectivity index (χ3n) is 3.71. The van der Waals surface area contributed by atoms with Crippen molar-refractivity contribution in [3.63, 3.8) is 0 Å². The molecule has 0 heterocycles. The summed E-state index contributed by atoms with van der Waals surface area (Å²) in [5.74, 6) is -1.36. The molecule has 1 N–H and O–H groups in total. The zero-order valence-electron chi connectivity index (χ0n) is 15.3. The summed E-state index contributed by atoms with van der Waals surface area (Å²) in [5.41, 5.74) is 0.401. The number of anilines is 1. The van der Waals surface area contributed by atoms with Crippen molar-refractivity contribution in [2.75, 3.05) is 19.4 Å². The molecule has 0 aliphatic carbocycles. The van der Waals surface area contributed by atoms with Crippen LogP contribution >= 0.6 is 23.2 Å². The maximum Gasteiger partial charge on any atom is 0.338 e. The van der Waals surface area contributed by atoms with Gasteiger partial charge in [0.05, 0.1) is 21.2 Å². The normalized spacial score (nSPS) is 12.5. The minimum atomic E-state index is -3.60. The fourth-order valence-corrected chi connectivity index (χ4v) is 3.32. The Morgan fingerprint density at radius 1 is 1.07 bits per heavy atom. The predicted octanol–water partition coefficient (Wildman–Crippen LogP) is 3.43. The van der Waals surface area contributed by atoms with E-state index < -0.39 is 28.0 Å². The van der Waals surface area contributed by atoms with Crippen molar-refractivity contribution in [3.05, 3.63) is 58.1 Å². The lowest BCUT2D eigenvalue weighted by Crippen LogP contribution is -2.30. The molecule has 28 heavy (non-hydrogen) atoms. The molecule has 1 atom stereocenters. The summed E-state index contributed by atoms with van der Waals surface area (Å²) in [4.78, 5) is 24.5. The molecule has 2 rings (SSSR count). The second kappa shape index (κ2) is 8.91. The second-order valence-corrected chi connectivity index (χ2v) is 8.97. The summed E-state index contributed by atoms with van der Waals surface area (Å²) in [7, 11) is -0.791. The third kappa shape index (κ3) is 5.23. The monoisotopic (exact) mass is 444 g/mol. The summed E-state index contributed by atoms with van der Waals surface area (Å²) in [6.45, 7) is 1.40. The van der Waals surface area contributed by atoms with Gasteiger partial charge >= 0.3 is 5.97 Å². The van der Waals surface area contributed by atoms with Crippen LogP contribution in [0.15, 0.2) is 47.4 Å². The SMILES string of the molecule is C[C@H](OC(=O)c1ccc(S(=O)(=O)N(C)C)cc1)C(=O)Nc1cc(Cl)ccc1Cl. The first-order valence-electron chi connectivity index (χ1n) is 8.02. The largest absolute Gasteiger partial charge is 0.449 e. The predicted molar refractivity (Wildman–Crippen MR) is 107 cm³/mol. The smallest absolute Gasteiger partial charge is 0.338 e. The molecular weight excluding hydrogens is 427 g/mol. The Morgan fingerprint density at radius 3 is 2.25 bits per heavy atom. The maximum atomic E-state index is 12.2. The van der Waals surface area contributed by atoms with E-state index >= 15 is 0 Å². The third-order valence-corrected chi connectivity index (χ3v) is 6.10. The molecule has 0 aliphatic heterocycles. The van der Waals surface area contributed by atoms with E-state index in [4.69, 9.17) is 27.9 Å². The minimum Gasteiger partial charge on any atom is -0.449 e. The van der Waals surface area contributed by atoms with E-state index in [0.717, 1.165) is 4.31 Å². The molecule has 2 aromatic rings. The van der Waals surface area contributed by atoms with Gasteiger partial charge in [-0.1, -0.05) is 23.2 Å². The number of sulfonamides is 1. The molecule has 0 bridgehead atoms. The highest BCUT2D eigenvalue weighted by molar-refractivity contribution is 7.89. The van der Waals surface area contributed by atoms with Gasteiger partial charge < -0.3 is 10.1 Å². The molecule has 2 aromatic carbocycles. The maximum absolute atomic E-state index is 12.2. The van der Waals surface area contributed by atoms with Gasteiger partial charge in [0.25, 0.3) is 5.91 Å². The number of hydrogen-bond donors (Lipinski definition) is 1. The van der Waals surface area contributed by atoms with Gasteiger partial charge in [-0.15, -0.1) is 0 Å². The molecule has 0 aromatic heterocycles. The van der Waals surface area contributed by atoms with Gasteiger partial charge in [0.15, 0.2) is 6.10 Å². The first-order chi connectivity index (χ1) is 13.0. The molecule has 0 unspecified atom stereocenters. The molecule has 0 spiro atoms. The fourth-order valence-electron chi connectivity index (χ4n) is 2.08. The fraction of sp³-hybridized carbons (Fsp3) is 0.222. The van der Waals surface area contributed by atoms with Crippen LogP contribution in [0.25, 0.3) is 0 Å². The van der Waals surface area contributed by atoms with Crippen molar-refractivity contribution >= 4 is 50.8 Å². The number of amides is 1. The first kappa shape index (κ1) is 22.2. The zero-order chi connectivity index (χ0) is 21.1. The Morgan fingerprint density at radius 2 is 1.68 bits per heavy atom. The molecule has 0 saturated carbocycles. The highest BCUT2D eigenvalue weighted by Gasteiger charge is 2.21. The Labute approximate surface area is 173 Å². The number of nitrogens with zero attached hydrogens (tertiary/aromatic N) is 1. The van der Waals surface area contributed by atoms with Crippen LogP contribution in [-0.4, -0.2) is 44.8 Å². The average Bonchev–Trinajstić information content (AvgIpc) is 2.64. The number of rotatable bonds is 6. The summed E-state index contributed by atoms with van der Waals surface area (Å²) in [5, 5.41) is 3.20. The van der Waals surface area contributed by atoms with Crippen LogP contribution in [0.4, 0.5) is 5.69 Å². The van der Waals surface area contributed by atoms with Gasteiger partial charge in [-0.2, -0.15) is 0 Å². The van der Waals surface area contributed by atoms with E-state index in [2.05, 4.69) is 5.32 Å². The van der Waals surface area contributed by atoms with E-state index in [9.17, 15) is 18.0 Å². The number of carbonyl (C=O) groups excluding carboxylic acids is 2. The van der Waals surface area contributed by atoms with Crippen molar-refractivity contribution < 1.29 is 22.7 Å². The number of benzene rings is 2. The van der Waals surface area contributed by atoms with Crippen LogP contribution in [0.2, 0.25) is 10.0 Å². The van der Waals surface area contributed by atoms with E-state index in [-0.39, 0.29) is 15.5 Å². The Hall–Kier alpha value is -2.13. The minimum absolute atomic E-state index is 0.0374. The van der Waals surface area contributed by atoms with E-state index in [0.29, 0.717) is 10.7 Å². The number of hydrogen-bond acceptors (Lipinski definition) is 5. The molecule has 7 nitrogen and oxygen atoms in total. The molecule has 1 amide bonds. The molecule has 0 fully saturated rings. The Balaban J connectivity index is 2.05. The highest BCUT2D eigenvalue weighted by atomic mass is 35.5.